The largest absolute Gasteiger partial charge is 0.399 e. The van der Waals surface area contributed by atoms with E-state index in [1.54, 1.807) is 0 Å². The van der Waals surface area contributed by atoms with Gasteiger partial charge in [-0.2, -0.15) is 0 Å². The van der Waals surface area contributed by atoms with Gasteiger partial charge in [-0.1, -0.05) is 25.8 Å². The average Bonchev–Trinajstić information content (AvgIpc) is 2.30. The summed E-state index contributed by atoms with van der Waals surface area (Å²) in [7, 11) is 0. The molecule has 0 aliphatic carbocycles. The third-order valence-corrected chi connectivity index (χ3v) is 3.36. The number of anilines is 2. The molecule has 1 aromatic carbocycles. The summed E-state index contributed by atoms with van der Waals surface area (Å²) in [6, 6.07) is 6.35. The van der Waals surface area contributed by atoms with Crippen molar-refractivity contribution in [3.8, 4) is 0 Å². The van der Waals surface area contributed by atoms with E-state index in [4.69, 9.17) is 5.73 Å². The lowest BCUT2D eigenvalue weighted by atomic mass is 10.0. The van der Waals surface area contributed by atoms with Crippen molar-refractivity contribution in [2.75, 3.05) is 23.7 Å². The minimum atomic E-state index is 0.890. The second-order valence-corrected chi connectivity index (χ2v) is 4.69. The van der Waals surface area contributed by atoms with Crippen molar-refractivity contribution in [1.29, 1.82) is 0 Å². The fraction of sp³-hybridized carbons (Fsp3) is 0.571. The fourth-order valence-corrected chi connectivity index (χ4v) is 2.45. The molecule has 0 saturated heterocycles. The van der Waals surface area contributed by atoms with Crippen LogP contribution in [0.3, 0.4) is 0 Å². The number of nitrogen functional groups attached to an aromatic ring is 1. The number of fused-ring (bicyclic) bond motifs is 1. The minimum absolute atomic E-state index is 0.890. The van der Waals surface area contributed by atoms with Crippen molar-refractivity contribution < 1.29 is 0 Å². The lowest BCUT2D eigenvalue weighted by Crippen LogP contribution is -2.30. The second kappa shape index (κ2) is 5.24. The number of benzene rings is 1. The van der Waals surface area contributed by atoms with Crippen LogP contribution in [0.2, 0.25) is 0 Å². The van der Waals surface area contributed by atoms with E-state index >= 15 is 0 Å². The predicted molar refractivity (Wildman–Crippen MR) is 70.9 cm³/mol. The number of aryl methyl sites for hydroxylation is 1. The third-order valence-electron chi connectivity index (χ3n) is 3.36. The molecule has 0 radical (unpaired) electrons. The van der Waals surface area contributed by atoms with Crippen molar-refractivity contribution in [2.24, 2.45) is 0 Å². The van der Waals surface area contributed by atoms with E-state index in [2.05, 4.69) is 24.0 Å². The maximum atomic E-state index is 5.87. The molecule has 2 rings (SSSR count). The van der Waals surface area contributed by atoms with E-state index in [1.807, 2.05) is 6.07 Å². The van der Waals surface area contributed by atoms with E-state index in [9.17, 15) is 0 Å². The summed E-state index contributed by atoms with van der Waals surface area (Å²) in [5, 5.41) is 0. The van der Waals surface area contributed by atoms with Crippen molar-refractivity contribution in [2.45, 2.75) is 39.0 Å². The molecule has 0 atom stereocenters. The number of nitrogens with two attached hydrogens (primary N) is 1. The van der Waals surface area contributed by atoms with Gasteiger partial charge < -0.3 is 10.6 Å². The van der Waals surface area contributed by atoms with E-state index in [1.165, 1.54) is 56.4 Å². The van der Waals surface area contributed by atoms with Crippen molar-refractivity contribution in [3.05, 3.63) is 23.8 Å². The van der Waals surface area contributed by atoms with Crippen LogP contribution < -0.4 is 10.6 Å². The lowest BCUT2D eigenvalue weighted by Gasteiger charge is -2.31. The number of nitrogens with zero attached hydrogens (tertiary/aromatic N) is 1. The predicted octanol–water partition coefficient (Wildman–Crippen LogP) is 3.21. The molecule has 1 heterocycles. The van der Waals surface area contributed by atoms with Crippen LogP contribution in [0.1, 0.15) is 38.2 Å². The Morgan fingerprint density at radius 2 is 2.19 bits per heavy atom. The third kappa shape index (κ3) is 2.49. The van der Waals surface area contributed by atoms with Gasteiger partial charge in [0, 0.05) is 24.5 Å². The van der Waals surface area contributed by atoms with Gasteiger partial charge in [0.15, 0.2) is 0 Å². The molecular formula is C14H22N2. The highest BCUT2D eigenvalue weighted by molar-refractivity contribution is 5.62. The van der Waals surface area contributed by atoms with Crippen molar-refractivity contribution in [3.63, 3.8) is 0 Å². The topological polar surface area (TPSA) is 29.3 Å². The second-order valence-electron chi connectivity index (χ2n) is 4.69. The highest BCUT2D eigenvalue weighted by Crippen LogP contribution is 2.29. The molecular weight excluding hydrogens is 196 g/mol. The first kappa shape index (κ1) is 11.3. The number of hydrogen-bond acceptors (Lipinski definition) is 2. The quantitative estimate of drug-likeness (QED) is 0.621. The summed E-state index contributed by atoms with van der Waals surface area (Å²) in [5.41, 5.74) is 9.61. The minimum Gasteiger partial charge on any atom is -0.399 e. The van der Waals surface area contributed by atoms with Gasteiger partial charge in [-0.3, -0.25) is 0 Å². The zero-order chi connectivity index (χ0) is 11.4. The SMILES string of the molecule is CCCCCN1CCCc2ccc(N)cc21. The molecule has 0 amide bonds. The van der Waals surface area contributed by atoms with Crippen LogP contribution in [0.4, 0.5) is 11.4 Å². The molecule has 88 valence electrons. The first-order valence-electron chi connectivity index (χ1n) is 6.44. The number of hydrogen-bond donors (Lipinski definition) is 1. The van der Waals surface area contributed by atoms with Crippen LogP contribution in [0.15, 0.2) is 18.2 Å². The van der Waals surface area contributed by atoms with Gasteiger partial charge >= 0.3 is 0 Å². The van der Waals surface area contributed by atoms with E-state index < -0.39 is 0 Å². The molecule has 2 nitrogen and oxygen atoms in total. The Hall–Kier alpha value is -1.18. The van der Waals surface area contributed by atoms with Gasteiger partial charge in [-0.15, -0.1) is 0 Å². The highest BCUT2D eigenvalue weighted by Gasteiger charge is 2.16. The van der Waals surface area contributed by atoms with Crippen LogP contribution in [0, 0.1) is 0 Å². The monoisotopic (exact) mass is 218 g/mol. The Morgan fingerprint density at radius 3 is 3.00 bits per heavy atom. The molecule has 1 aliphatic heterocycles. The number of unbranched alkanes of at least 4 members (excludes halogenated alkanes) is 2. The molecule has 0 unspecified atom stereocenters. The van der Waals surface area contributed by atoms with Gasteiger partial charge in [0.25, 0.3) is 0 Å². The fourth-order valence-electron chi connectivity index (χ4n) is 2.45. The smallest absolute Gasteiger partial charge is 0.0419 e. The summed E-state index contributed by atoms with van der Waals surface area (Å²) in [5.74, 6) is 0. The Balaban J connectivity index is 2.09. The number of rotatable bonds is 4. The summed E-state index contributed by atoms with van der Waals surface area (Å²) < 4.78 is 0. The van der Waals surface area contributed by atoms with Crippen LogP contribution in [-0.4, -0.2) is 13.1 Å². The van der Waals surface area contributed by atoms with Gasteiger partial charge in [-0.25, -0.2) is 0 Å². The first-order chi connectivity index (χ1) is 7.81. The standard InChI is InChI=1S/C14H22N2/c1-2-3-4-9-16-10-5-6-12-7-8-13(15)11-14(12)16/h7-8,11H,2-6,9-10,15H2,1H3. The highest BCUT2D eigenvalue weighted by atomic mass is 15.1. The van der Waals surface area contributed by atoms with E-state index in [-0.39, 0.29) is 0 Å². The maximum absolute atomic E-state index is 5.87. The molecule has 0 saturated carbocycles. The van der Waals surface area contributed by atoms with Crippen molar-refractivity contribution >= 4 is 11.4 Å². The lowest BCUT2D eigenvalue weighted by molar-refractivity contribution is 0.638. The van der Waals surface area contributed by atoms with E-state index in [0.29, 0.717) is 0 Å². The first-order valence-corrected chi connectivity index (χ1v) is 6.44. The summed E-state index contributed by atoms with van der Waals surface area (Å²) in [6.07, 6.45) is 6.40. The Bertz CT molecular complexity index is 347. The average molecular weight is 218 g/mol. The Kier molecular flexibility index (Phi) is 3.70. The molecule has 2 N–H and O–H groups in total. The van der Waals surface area contributed by atoms with Crippen LogP contribution in [-0.2, 0) is 6.42 Å². The van der Waals surface area contributed by atoms with Gasteiger partial charge in [0.2, 0.25) is 0 Å². The molecule has 1 aliphatic rings. The van der Waals surface area contributed by atoms with Crippen LogP contribution in [0.5, 0.6) is 0 Å². The molecule has 2 heteroatoms. The molecule has 0 aromatic heterocycles. The van der Waals surface area contributed by atoms with Crippen LogP contribution in [0.25, 0.3) is 0 Å². The molecule has 0 bridgehead atoms. The Morgan fingerprint density at radius 1 is 1.31 bits per heavy atom. The normalized spacial score (nSPS) is 14.9. The zero-order valence-corrected chi connectivity index (χ0v) is 10.2. The van der Waals surface area contributed by atoms with Gasteiger partial charge in [0.05, 0.1) is 0 Å². The summed E-state index contributed by atoms with van der Waals surface area (Å²) >= 11 is 0. The summed E-state index contributed by atoms with van der Waals surface area (Å²) in [6.45, 7) is 4.63. The maximum Gasteiger partial charge on any atom is 0.0419 e. The molecule has 0 spiro atoms. The molecule has 16 heavy (non-hydrogen) atoms. The molecule has 0 fully saturated rings. The molecule has 1 aromatic rings. The van der Waals surface area contributed by atoms with Crippen molar-refractivity contribution in [1.82, 2.24) is 0 Å². The van der Waals surface area contributed by atoms with Crippen LogP contribution >= 0.6 is 0 Å². The van der Waals surface area contributed by atoms with E-state index in [0.717, 1.165) is 5.69 Å². The van der Waals surface area contributed by atoms with Gasteiger partial charge in [0.1, 0.15) is 0 Å². The summed E-state index contributed by atoms with van der Waals surface area (Å²) in [4.78, 5) is 2.50. The Labute approximate surface area is 98.4 Å². The van der Waals surface area contributed by atoms with Gasteiger partial charge in [-0.05, 0) is 37.0 Å². The zero-order valence-electron chi connectivity index (χ0n) is 10.2.